The van der Waals surface area contributed by atoms with E-state index >= 15 is 0 Å². The molecule has 0 fully saturated rings. The van der Waals surface area contributed by atoms with E-state index < -0.39 is 0 Å². The summed E-state index contributed by atoms with van der Waals surface area (Å²) in [6, 6.07) is 8.33. The van der Waals surface area contributed by atoms with Crippen molar-refractivity contribution in [2.45, 2.75) is 40.5 Å². The lowest BCUT2D eigenvalue weighted by atomic mass is 10.1. The highest BCUT2D eigenvalue weighted by Crippen LogP contribution is 2.22. The smallest absolute Gasteiger partial charge is 0.136 e. The highest BCUT2D eigenvalue weighted by atomic mass is 15.1. The summed E-state index contributed by atoms with van der Waals surface area (Å²) in [5.41, 5.74) is 3.53. The van der Waals surface area contributed by atoms with E-state index in [4.69, 9.17) is 0 Å². The van der Waals surface area contributed by atoms with Crippen molar-refractivity contribution in [3.8, 4) is 0 Å². The van der Waals surface area contributed by atoms with Crippen molar-refractivity contribution < 1.29 is 0 Å². The van der Waals surface area contributed by atoms with Crippen molar-refractivity contribution in [3.05, 3.63) is 41.2 Å². The van der Waals surface area contributed by atoms with Crippen LogP contribution in [0, 0.1) is 20.8 Å². The van der Waals surface area contributed by atoms with Gasteiger partial charge in [0.1, 0.15) is 17.5 Å². The van der Waals surface area contributed by atoms with Crippen LogP contribution in [0.4, 0.5) is 17.3 Å². The van der Waals surface area contributed by atoms with Crippen LogP contribution in [0.15, 0.2) is 24.3 Å². The minimum Gasteiger partial charge on any atom is -0.370 e. The van der Waals surface area contributed by atoms with Crippen LogP contribution in [-0.4, -0.2) is 16.5 Å². The summed E-state index contributed by atoms with van der Waals surface area (Å²) in [5, 5.41) is 6.74. The largest absolute Gasteiger partial charge is 0.370 e. The van der Waals surface area contributed by atoms with Crippen LogP contribution >= 0.6 is 0 Å². The van der Waals surface area contributed by atoms with Crippen LogP contribution in [0.25, 0.3) is 0 Å². The molecule has 1 aromatic carbocycles. The molecule has 0 radical (unpaired) electrons. The first-order valence-electron chi connectivity index (χ1n) is 7.52. The first-order valence-corrected chi connectivity index (χ1v) is 7.52. The number of benzene rings is 1. The second-order valence-electron chi connectivity index (χ2n) is 5.41. The molecule has 2 rings (SSSR count). The van der Waals surface area contributed by atoms with Gasteiger partial charge in [0.2, 0.25) is 0 Å². The summed E-state index contributed by atoms with van der Waals surface area (Å²) in [4.78, 5) is 8.89. The molecule has 4 nitrogen and oxygen atoms in total. The molecule has 0 aliphatic carbocycles. The van der Waals surface area contributed by atoms with Gasteiger partial charge in [-0.3, -0.25) is 0 Å². The van der Waals surface area contributed by atoms with Gasteiger partial charge in [-0.15, -0.1) is 0 Å². The lowest BCUT2D eigenvalue weighted by molar-refractivity contribution is 0.829. The molecule has 4 heteroatoms. The Bertz CT molecular complexity index is 608. The number of nitrogens with zero attached hydrogens (tertiary/aromatic N) is 2. The molecule has 0 aliphatic rings. The second kappa shape index (κ2) is 7.07. The molecular weight excluding hydrogens is 260 g/mol. The van der Waals surface area contributed by atoms with Gasteiger partial charge in [0.15, 0.2) is 0 Å². The number of unbranched alkanes of at least 4 members (excludes halogenated alkanes) is 1. The fourth-order valence-corrected chi connectivity index (χ4v) is 2.12. The SMILES string of the molecule is CCCCNc1cc(Nc2cc(C)ccc2C)nc(C)n1. The van der Waals surface area contributed by atoms with E-state index in [2.05, 4.69) is 59.6 Å². The molecule has 1 heterocycles. The highest BCUT2D eigenvalue weighted by molar-refractivity contribution is 5.63. The van der Waals surface area contributed by atoms with Gasteiger partial charge in [0.05, 0.1) is 0 Å². The fraction of sp³-hybridized carbons (Fsp3) is 0.412. The maximum absolute atomic E-state index is 4.47. The monoisotopic (exact) mass is 284 g/mol. The summed E-state index contributed by atoms with van der Waals surface area (Å²) in [6.07, 6.45) is 2.31. The predicted octanol–water partition coefficient (Wildman–Crippen LogP) is 4.36. The molecule has 2 N–H and O–H groups in total. The summed E-state index contributed by atoms with van der Waals surface area (Å²) >= 11 is 0. The van der Waals surface area contributed by atoms with Crippen LogP contribution in [0.3, 0.4) is 0 Å². The third-order valence-electron chi connectivity index (χ3n) is 3.33. The number of anilines is 3. The van der Waals surface area contributed by atoms with Crippen molar-refractivity contribution in [3.63, 3.8) is 0 Å². The minimum absolute atomic E-state index is 0.768. The van der Waals surface area contributed by atoms with Crippen LogP contribution in [0.5, 0.6) is 0 Å². The quantitative estimate of drug-likeness (QED) is 0.774. The predicted molar refractivity (Wildman–Crippen MR) is 89.4 cm³/mol. The van der Waals surface area contributed by atoms with E-state index in [1.807, 2.05) is 13.0 Å². The number of aryl methyl sites for hydroxylation is 3. The molecule has 0 unspecified atom stereocenters. The molecule has 0 atom stereocenters. The summed E-state index contributed by atoms with van der Waals surface area (Å²) < 4.78 is 0. The Balaban J connectivity index is 2.17. The molecule has 0 saturated carbocycles. The van der Waals surface area contributed by atoms with E-state index in [-0.39, 0.29) is 0 Å². The van der Waals surface area contributed by atoms with Gasteiger partial charge in [-0.2, -0.15) is 0 Å². The van der Waals surface area contributed by atoms with Gasteiger partial charge in [0.25, 0.3) is 0 Å². The number of nitrogens with one attached hydrogen (secondary N) is 2. The van der Waals surface area contributed by atoms with E-state index in [0.29, 0.717) is 0 Å². The summed E-state index contributed by atoms with van der Waals surface area (Å²) in [7, 11) is 0. The lowest BCUT2D eigenvalue weighted by Gasteiger charge is -2.12. The zero-order valence-corrected chi connectivity index (χ0v) is 13.3. The zero-order chi connectivity index (χ0) is 15.2. The normalized spacial score (nSPS) is 10.5. The van der Waals surface area contributed by atoms with E-state index in [1.165, 1.54) is 17.5 Å². The van der Waals surface area contributed by atoms with Crippen LogP contribution in [0.2, 0.25) is 0 Å². The van der Waals surface area contributed by atoms with Gasteiger partial charge in [-0.25, -0.2) is 9.97 Å². The maximum Gasteiger partial charge on any atom is 0.136 e. The van der Waals surface area contributed by atoms with Crippen LogP contribution in [-0.2, 0) is 0 Å². The Morgan fingerprint density at radius 3 is 2.52 bits per heavy atom. The lowest BCUT2D eigenvalue weighted by Crippen LogP contribution is -2.06. The molecule has 0 bridgehead atoms. The molecule has 0 amide bonds. The zero-order valence-electron chi connectivity index (χ0n) is 13.3. The number of aromatic nitrogens is 2. The van der Waals surface area contributed by atoms with Crippen molar-refractivity contribution in [1.82, 2.24) is 9.97 Å². The summed E-state index contributed by atoms with van der Waals surface area (Å²) in [6.45, 7) is 9.22. The van der Waals surface area contributed by atoms with Gasteiger partial charge in [-0.1, -0.05) is 25.5 Å². The first-order chi connectivity index (χ1) is 10.1. The molecule has 0 saturated heterocycles. The molecule has 2 aromatic rings. The third-order valence-corrected chi connectivity index (χ3v) is 3.33. The standard InChI is InChI=1S/C17H24N4/c1-5-6-9-18-16-11-17(20-14(4)19-16)21-15-10-12(2)7-8-13(15)3/h7-8,10-11H,5-6,9H2,1-4H3,(H2,18,19,20,21). The van der Waals surface area contributed by atoms with Crippen molar-refractivity contribution in [2.24, 2.45) is 0 Å². The average molecular weight is 284 g/mol. The Morgan fingerprint density at radius 1 is 1.00 bits per heavy atom. The number of hydrogen-bond donors (Lipinski definition) is 2. The summed E-state index contributed by atoms with van der Waals surface area (Å²) in [5.74, 6) is 2.48. The molecule has 21 heavy (non-hydrogen) atoms. The van der Waals surface area contributed by atoms with Crippen LogP contribution < -0.4 is 10.6 Å². The Hall–Kier alpha value is -2.10. The van der Waals surface area contributed by atoms with E-state index in [1.54, 1.807) is 0 Å². The molecule has 112 valence electrons. The molecule has 0 spiro atoms. The number of rotatable bonds is 6. The molecule has 1 aromatic heterocycles. The minimum atomic E-state index is 0.768. The molecular formula is C17H24N4. The second-order valence-corrected chi connectivity index (χ2v) is 5.41. The Labute approximate surface area is 127 Å². The fourth-order valence-electron chi connectivity index (χ4n) is 2.12. The topological polar surface area (TPSA) is 49.8 Å². The van der Waals surface area contributed by atoms with Crippen molar-refractivity contribution in [2.75, 3.05) is 17.2 Å². The van der Waals surface area contributed by atoms with E-state index in [9.17, 15) is 0 Å². The Kier molecular flexibility index (Phi) is 5.14. The van der Waals surface area contributed by atoms with Gasteiger partial charge >= 0.3 is 0 Å². The highest BCUT2D eigenvalue weighted by Gasteiger charge is 2.04. The third kappa shape index (κ3) is 4.45. The van der Waals surface area contributed by atoms with Gasteiger partial charge < -0.3 is 10.6 Å². The first kappa shape index (κ1) is 15.3. The Morgan fingerprint density at radius 2 is 1.76 bits per heavy atom. The van der Waals surface area contributed by atoms with Crippen molar-refractivity contribution >= 4 is 17.3 Å². The van der Waals surface area contributed by atoms with Crippen molar-refractivity contribution in [1.29, 1.82) is 0 Å². The average Bonchev–Trinajstić information content (AvgIpc) is 2.43. The molecule has 0 aliphatic heterocycles. The van der Waals surface area contributed by atoms with Gasteiger partial charge in [0, 0.05) is 18.3 Å². The van der Waals surface area contributed by atoms with Gasteiger partial charge in [-0.05, 0) is 44.4 Å². The van der Waals surface area contributed by atoms with E-state index in [0.717, 1.165) is 36.1 Å². The van der Waals surface area contributed by atoms with Crippen LogP contribution in [0.1, 0.15) is 36.7 Å². The maximum atomic E-state index is 4.47. The number of hydrogen-bond acceptors (Lipinski definition) is 4.